The molecule has 24 heavy (non-hydrogen) atoms. The molecule has 1 saturated heterocycles. The normalized spacial score (nSPS) is 20.7. The Morgan fingerprint density at radius 3 is 2.67 bits per heavy atom. The number of hydrogen-bond donors (Lipinski definition) is 1. The first-order valence-electron chi connectivity index (χ1n) is 8.91. The predicted molar refractivity (Wildman–Crippen MR) is 99.9 cm³/mol. The van der Waals surface area contributed by atoms with Gasteiger partial charge in [-0.2, -0.15) is 0 Å². The second-order valence-corrected chi connectivity index (χ2v) is 6.93. The highest BCUT2D eigenvalue weighted by Crippen LogP contribution is 2.35. The van der Waals surface area contributed by atoms with E-state index in [-0.39, 0.29) is 12.4 Å². The summed E-state index contributed by atoms with van der Waals surface area (Å²) in [5.74, 6) is 1.16. The van der Waals surface area contributed by atoms with Crippen molar-refractivity contribution < 1.29 is 0 Å². The summed E-state index contributed by atoms with van der Waals surface area (Å²) in [6.45, 7) is 4.30. The minimum atomic E-state index is 0. The van der Waals surface area contributed by atoms with Crippen LogP contribution in [0.5, 0.6) is 0 Å². The molecule has 2 aromatic rings. The summed E-state index contributed by atoms with van der Waals surface area (Å²) in [4.78, 5) is 7.36. The molecule has 0 bridgehead atoms. The molecular weight excluding hydrogens is 320 g/mol. The monoisotopic (exact) mass is 346 g/mol. The molecule has 2 fully saturated rings. The number of halogens is 1. The van der Waals surface area contributed by atoms with Gasteiger partial charge in [0.1, 0.15) is 5.82 Å². The van der Waals surface area contributed by atoms with E-state index in [9.17, 15) is 0 Å². The summed E-state index contributed by atoms with van der Waals surface area (Å²) in [6, 6.07) is 10.5. The summed E-state index contributed by atoms with van der Waals surface area (Å²) in [5.41, 5.74) is 1.55. The number of nitrogens with one attached hydrogen (secondary N) is 1. The van der Waals surface area contributed by atoms with Crippen molar-refractivity contribution in [3.63, 3.8) is 0 Å². The fraction of sp³-hybridized carbons (Fsp3) is 0.526. The maximum atomic E-state index is 4.67. The van der Waals surface area contributed by atoms with Crippen LogP contribution < -0.4 is 5.32 Å². The molecule has 2 aliphatic rings. The number of piperazine rings is 1. The Hall–Kier alpha value is -1.36. The van der Waals surface area contributed by atoms with E-state index in [0.717, 1.165) is 32.0 Å². The van der Waals surface area contributed by atoms with Crippen LogP contribution in [0.4, 0.5) is 0 Å². The number of rotatable bonds is 3. The van der Waals surface area contributed by atoms with Crippen molar-refractivity contribution in [3.05, 3.63) is 48.5 Å². The average Bonchev–Trinajstić information content (AvgIpc) is 3.07. The van der Waals surface area contributed by atoms with E-state index in [1.807, 2.05) is 6.20 Å². The Kier molecular flexibility index (Phi) is 5.59. The van der Waals surface area contributed by atoms with E-state index in [2.05, 4.69) is 56.3 Å². The van der Waals surface area contributed by atoms with Gasteiger partial charge in [0, 0.05) is 43.3 Å². The zero-order valence-electron chi connectivity index (χ0n) is 14.2. The molecule has 4 rings (SSSR count). The van der Waals surface area contributed by atoms with E-state index < -0.39 is 0 Å². The zero-order valence-corrected chi connectivity index (χ0v) is 15.0. The van der Waals surface area contributed by atoms with Gasteiger partial charge in [-0.25, -0.2) is 4.98 Å². The van der Waals surface area contributed by atoms with Crippen molar-refractivity contribution in [3.8, 4) is 5.69 Å². The Labute approximate surface area is 150 Å². The number of aromatic nitrogens is 2. The van der Waals surface area contributed by atoms with Crippen LogP contribution >= 0.6 is 12.4 Å². The Bertz CT molecular complexity index is 626. The lowest BCUT2D eigenvalue weighted by Crippen LogP contribution is -2.61. The van der Waals surface area contributed by atoms with Crippen LogP contribution in [0.1, 0.15) is 37.9 Å². The first-order chi connectivity index (χ1) is 11.4. The van der Waals surface area contributed by atoms with Crippen molar-refractivity contribution in [2.75, 3.05) is 19.6 Å². The molecule has 1 aromatic carbocycles. The highest BCUT2D eigenvalue weighted by molar-refractivity contribution is 5.85. The Morgan fingerprint density at radius 2 is 1.88 bits per heavy atom. The Morgan fingerprint density at radius 1 is 1.08 bits per heavy atom. The van der Waals surface area contributed by atoms with E-state index in [1.165, 1.54) is 37.8 Å². The van der Waals surface area contributed by atoms with Crippen molar-refractivity contribution in [1.29, 1.82) is 0 Å². The third-order valence-corrected chi connectivity index (χ3v) is 5.55. The second-order valence-electron chi connectivity index (χ2n) is 6.93. The standard InChI is InChI=1S/C19H26N4.ClH/c1-3-7-17(8-4-1)23-14-12-21-18(23)15-22-13-11-20-16-19(22)9-5-2-6-10-19;/h1,3-4,7-8,12,14,20H,2,5-6,9-11,13,15-16H2;1H. The smallest absolute Gasteiger partial charge is 0.127 e. The van der Waals surface area contributed by atoms with Crippen LogP contribution in [0.25, 0.3) is 5.69 Å². The van der Waals surface area contributed by atoms with Crippen molar-refractivity contribution in [2.24, 2.45) is 0 Å². The first-order valence-corrected chi connectivity index (χ1v) is 8.91. The van der Waals surface area contributed by atoms with Crippen LogP contribution in [0.3, 0.4) is 0 Å². The van der Waals surface area contributed by atoms with Crippen molar-refractivity contribution >= 4 is 12.4 Å². The molecule has 1 aromatic heterocycles. The SMILES string of the molecule is Cl.c1ccc(-n2ccnc2CN2CCNCC23CCCCC3)cc1. The van der Waals surface area contributed by atoms with Gasteiger partial charge in [-0.15, -0.1) is 12.4 Å². The summed E-state index contributed by atoms with van der Waals surface area (Å²) < 4.78 is 2.23. The van der Waals surface area contributed by atoms with E-state index >= 15 is 0 Å². The van der Waals surface area contributed by atoms with E-state index in [4.69, 9.17) is 0 Å². The molecule has 1 N–H and O–H groups in total. The van der Waals surface area contributed by atoms with Gasteiger partial charge in [0.2, 0.25) is 0 Å². The summed E-state index contributed by atoms with van der Waals surface area (Å²) in [5, 5.41) is 3.63. The minimum Gasteiger partial charge on any atom is -0.314 e. The third-order valence-electron chi connectivity index (χ3n) is 5.55. The minimum absolute atomic E-state index is 0. The molecule has 1 spiro atoms. The number of imidazole rings is 1. The molecule has 0 amide bonds. The van der Waals surface area contributed by atoms with Gasteiger partial charge in [-0.1, -0.05) is 37.5 Å². The summed E-state index contributed by atoms with van der Waals surface area (Å²) in [7, 11) is 0. The lowest BCUT2D eigenvalue weighted by Gasteiger charge is -2.49. The lowest BCUT2D eigenvalue weighted by molar-refractivity contribution is 0.0186. The highest BCUT2D eigenvalue weighted by atomic mass is 35.5. The first kappa shape index (κ1) is 17.5. The van der Waals surface area contributed by atoms with Crippen LogP contribution in [-0.4, -0.2) is 39.6 Å². The molecule has 0 atom stereocenters. The largest absolute Gasteiger partial charge is 0.314 e. The maximum absolute atomic E-state index is 4.67. The molecule has 1 aliphatic heterocycles. The number of benzene rings is 1. The molecule has 5 heteroatoms. The number of nitrogens with zero attached hydrogens (tertiary/aromatic N) is 3. The van der Waals surface area contributed by atoms with Crippen LogP contribution in [0.2, 0.25) is 0 Å². The fourth-order valence-electron chi connectivity index (χ4n) is 4.28. The van der Waals surface area contributed by atoms with Crippen molar-refractivity contribution in [2.45, 2.75) is 44.2 Å². The topological polar surface area (TPSA) is 33.1 Å². The molecule has 0 unspecified atom stereocenters. The molecule has 4 nitrogen and oxygen atoms in total. The number of para-hydroxylation sites is 1. The van der Waals surface area contributed by atoms with Crippen LogP contribution in [-0.2, 0) is 6.54 Å². The van der Waals surface area contributed by atoms with E-state index in [1.54, 1.807) is 0 Å². The van der Waals surface area contributed by atoms with Gasteiger partial charge >= 0.3 is 0 Å². The van der Waals surface area contributed by atoms with Gasteiger partial charge in [-0.3, -0.25) is 4.90 Å². The molecular formula is C19H27ClN4. The molecule has 2 heterocycles. The second kappa shape index (κ2) is 7.68. The molecule has 1 saturated carbocycles. The van der Waals surface area contributed by atoms with Gasteiger partial charge < -0.3 is 9.88 Å². The zero-order chi connectivity index (χ0) is 15.5. The lowest BCUT2D eigenvalue weighted by atomic mass is 9.79. The van der Waals surface area contributed by atoms with Gasteiger partial charge in [-0.05, 0) is 25.0 Å². The number of hydrogen-bond acceptors (Lipinski definition) is 3. The predicted octanol–water partition coefficient (Wildman–Crippen LogP) is 3.40. The summed E-state index contributed by atoms with van der Waals surface area (Å²) in [6.07, 6.45) is 10.8. The van der Waals surface area contributed by atoms with Gasteiger partial charge in [0.05, 0.1) is 6.54 Å². The van der Waals surface area contributed by atoms with Crippen LogP contribution in [0, 0.1) is 0 Å². The van der Waals surface area contributed by atoms with E-state index in [0.29, 0.717) is 5.54 Å². The fourth-order valence-corrected chi connectivity index (χ4v) is 4.28. The molecule has 130 valence electrons. The maximum Gasteiger partial charge on any atom is 0.127 e. The quantitative estimate of drug-likeness (QED) is 0.924. The molecule has 0 radical (unpaired) electrons. The van der Waals surface area contributed by atoms with Crippen molar-refractivity contribution in [1.82, 2.24) is 19.8 Å². The Balaban J connectivity index is 0.00000169. The highest BCUT2D eigenvalue weighted by Gasteiger charge is 2.39. The van der Waals surface area contributed by atoms with Gasteiger partial charge in [0.25, 0.3) is 0 Å². The van der Waals surface area contributed by atoms with Gasteiger partial charge in [0.15, 0.2) is 0 Å². The average molecular weight is 347 g/mol. The summed E-state index contributed by atoms with van der Waals surface area (Å²) >= 11 is 0. The third kappa shape index (κ3) is 3.37. The molecule has 1 aliphatic carbocycles. The van der Waals surface area contributed by atoms with Crippen LogP contribution in [0.15, 0.2) is 42.7 Å².